The van der Waals surface area contributed by atoms with Gasteiger partial charge in [-0.15, -0.1) is 0 Å². The molecule has 2 rings (SSSR count). The van der Waals surface area contributed by atoms with Crippen LogP contribution in [-0.4, -0.2) is 19.1 Å². The number of hydrogen-bond donors (Lipinski definition) is 1. The maximum atomic E-state index is 14.8. The van der Waals surface area contributed by atoms with Gasteiger partial charge in [-0.25, -0.2) is 4.39 Å². The Hall–Kier alpha value is -1.40. The van der Waals surface area contributed by atoms with Crippen molar-refractivity contribution in [1.29, 1.82) is 0 Å². The van der Waals surface area contributed by atoms with Crippen LogP contribution in [0.5, 0.6) is 0 Å². The van der Waals surface area contributed by atoms with E-state index in [0.717, 1.165) is 11.1 Å². The molecule has 1 atom stereocenters. The molecular weight excluding hydrogens is 317 g/mol. The van der Waals surface area contributed by atoms with Gasteiger partial charge in [0.05, 0.1) is 13.2 Å². The fraction of sp³-hybridized carbons (Fsp3) is 0.588. The zero-order chi connectivity index (χ0) is 17.4. The van der Waals surface area contributed by atoms with Crippen LogP contribution >= 0.6 is 0 Å². The fourth-order valence-electron chi connectivity index (χ4n) is 2.90. The molecule has 0 aliphatic carbocycles. The number of nitrogens with two attached hydrogens (primary N) is 1. The van der Waals surface area contributed by atoms with Crippen LogP contribution in [-0.2, 0) is 31.1 Å². The molecular formula is C17H23FNO3S+. The summed E-state index contributed by atoms with van der Waals surface area (Å²) in [5, 5.41) is -0.966. The Balaban J connectivity index is 2.72. The highest BCUT2D eigenvalue weighted by atomic mass is 32.1. The van der Waals surface area contributed by atoms with E-state index in [1.165, 1.54) is 0 Å². The third kappa shape index (κ3) is 3.28. The van der Waals surface area contributed by atoms with Crippen LogP contribution in [0.15, 0.2) is 12.1 Å². The highest BCUT2D eigenvalue weighted by molar-refractivity contribution is 7.66. The number of primary amides is 1. The molecule has 126 valence electrons. The van der Waals surface area contributed by atoms with Crippen LogP contribution in [0.3, 0.4) is 0 Å². The fourth-order valence-corrected chi connectivity index (χ4v) is 3.36. The Morgan fingerprint density at radius 1 is 1.22 bits per heavy atom. The third-order valence-corrected chi connectivity index (χ3v) is 4.94. The van der Waals surface area contributed by atoms with Gasteiger partial charge in [-0.1, -0.05) is 39.8 Å². The average Bonchev–Trinajstić information content (AvgIpc) is 2.44. The molecule has 0 aromatic heterocycles. The SMILES string of the molecule is CC(C)c1cc(C2(F)COC2)cc(C(C)C)c1C([S+]=O)C(N)=O. The van der Waals surface area contributed by atoms with E-state index in [0.29, 0.717) is 11.1 Å². The second-order valence-corrected chi connectivity index (χ2v) is 7.38. The number of benzene rings is 1. The average molecular weight is 340 g/mol. The Bertz CT molecular complexity index is 597. The minimum atomic E-state index is -1.49. The Kier molecular flexibility index (Phi) is 5.16. The van der Waals surface area contributed by atoms with Gasteiger partial charge in [-0.3, -0.25) is 4.79 Å². The smallest absolute Gasteiger partial charge is 0.374 e. The van der Waals surface area contributed by atoms with Crippen LogP contribution in [0.4, 0.5) is 4.39 Å². The van der Waals surface area contributed by atoms with Gasteiger partial charge in [-0.2, -0.15) is 0 Å². The molecule has 1 heterocycles. The van der Waals surface area contributed by atoms with Gasteiger partial charge in [0, 0.05) is 9.77 Å². The molecule has 0 bridgehead atoms. The molecule has 23 heavy (non-hydrogen) atoms. The van der Waals surface area contributed by atoms with Crippen LogP contribution in [0, 0.1) is 0 Å². The normalized spacial score (nSPS) is 17.9. The van der Waals surface area contributed by atoms with Crippen LogP contribution < -0.4 is 5.73 Å². The highest BCUT2D eigenvalue weighted by Crippen LogP contribution is 2.41. The van der Waals surface area contributed by atoms with E-state index in [2.05, 4.69) is 0 Å². The number of halogens is 1. The van der Waals surface area contributed by atoms with Gasteiger partial charge in [0.1, 0.15) is 0 Å². The van der Waals surface area contributed by atoms with Crippen LogP contribution in [0.2, 0.25) is 0 Å². The van der Waals surface area contributed by atoms with Crippen LogP contribution in [0.1, 0.15) is 67.0 Å². The molecule has 0 saturated carbocycles. The number of alkyl halides is 1. The van der Waals surface area contributed by atoms with Gasteiger partial charge in [-0.05, 0) is 28.5 Å². The van der Waals surface area contributed by atoms with Gasteiger partial charge >= 0.3 is 16.9 Å². The van der Waals surface area contributed by atoms with E-state index in [-0.39, 0.29) is 36.7 Å². The second kappa shape index (κ2) is 6.61. The van der Waals surface area contributed by atoms with Crippen molar-refractivity contribution < 1.29 is 18.1 Å². The lowest BCUT2D eigenvalue weighted by Gasteiger charge is -2.35. The summed E-state index contributed by atoms with van der Waals surface area (Å²) in [6.07, 6.45) is 0. The molecule has 2 N–H and O–H groups in total. The topological polar surface area (TPSA) is 69.4 Å². The molecule has 1 aliphatic rings. The van der Waals surface area contributed by atoms with E-state index < -0.39 is 16.8 Å². The van der Waals surface area contributed by atoms with E-state index in [4.69, 9.17) is 10.5 Å². The number of carbonyl (C=O) groups excluding carboxylic acids is 1. The molecule has 1 saturated heterocycles. The number of amides is 1. The predicted octanol–water partition coefficient (Wildman–Crippen LogP) is 3.08. The number of rotatable bonds is 6. The predicted molar refractivity (Wildman–Crippen MR) is 88.2 cm³/mol. The summed E-state index contributed by atoms with van der Waals surface area (Å²) >= 11 is 0.184. The summed E-state index contributed by atoms with van der Waals surface area (Å²) in [4.78, 5) is 11.7. The second-order valence-electron chi connectivity index (χ2n) is 6.71. The van der Waals surface area contributed by atoms with Crippen molar-refractivity contribution in [2.45, 2.75) is 50.4 Å². The largest absolute Gasteiger partial charge is 0.477 e. The maximum Gasteiger partial charge on any atom is 0.477 e. The third-order valence-electron chi connectivity index (χ3n) is 4.28. The summed E-state index contributed by atoms with van der Waals surface area (Å²) in [5.74, 6) is -0.578. The van der Waals surface area contributed by atoms with Crippen molar-refractivity contribution >= 4 is 17.6 Å². The standard InChI is InChI=1S/C17H22FNO3S/c1-9(2)12-5-11(17(18)7-22-8-17)6-13(10(3)4)14(12)15(23-21)16(19)20/h5-6,9-10,15H,7-8H2,1-4H3,(H-,19,20)/p+1. The molecule has 4 nitrogen and oxygen atoms in total. The first kappa shape index (κ1) is 17.9. The molecule has 1 fully saturated rings. The summed E-state index contributed by atoms with van der Waals surface area (Å²) in [7, 11) is 0. The van der Waals surface area contributed by atoms with Crippen molar-refractivity contribution in [3.05, 3.63) is 34.4 Å². The molecule has 1 aromatic carbocycles. The lowest BCUT2D eigenvalue weighted by Crippen LogP contribution is -2.42. The monoisotopic (exact) mass is 340 g/mol. The summed E-state index contributed by atoms with van der Waals surface area (Å²) < 4.78 is 31.3. The van der Waals surface area contributed by atoms with Gasteiger partial charge in [0.2, 0.25) is 0 Å². The molecule has 1 unspecified atom stereocenters. The zero-order valence-corrected chi connectivity index (χ0v) is 14.7. The first-order valence-corrected chi connectivity index (χ1v) is 8.54. The number of ether oxygens (including phenoxy) is 1. The summed E-state index contributed by atoms with van der Waals surface area (Å²) in [5.41, 5.74) is 6.76. The van der Waals surface area contributed by atoms with Crippen molar-refractivity contribution in [3.8, 4) is 0 Å². The van der Waals surface area contributed by atoms with Gasteiger partial charge in [0.15, 0.2) is 5.67 Å². The summed E-state index contributed by atoms with van der Waals surface area (Å²) in [6, 6.07) is 3.53. The Morgan fingerprint density at radius 2 is 1.70 bits per heavy atom. The highest BCUT2D eigenvalue weighted by Gasteiger charge is 2.43. The Labute approximate surface area is 140 Å². The van der Waals surface area contributed by atoms with E-state index in [9.17, 15) is 13.4 Å². The van der Waals surface area contributed by atoms with E-state index in [1.807, 2.05) is 27.7 Å². The van der Waals surface area contributed by atoms with Crippen LogP contribution in [0.25, 0.3) is 0 Å². The van der Waals surface area contributed by atoms with Crippen molar-refractivity contribution in [1.82, 2.24) is 0 Å². The van der Waals surface area contributed by atoms with Crippen molar-refractivity contribution in [3.63, 3.8) is 0 Å². The van der Waals surface area contributed by atoms with Gasteiger partial charge in [0.25, 0.3) is 5.91 Å². The number of carbonyl (C=O) groups is 1. The Morgan fingerprint density at radius 3 is 1.96 bits per heavy atom. The van der Waals surface area contributed by atoms with Gasteiger partial charge < -0.3 is 10.5 Å². The summed E-state index contributed by atoms with van der Waals surface area (Å²) in [6.45, 7) is 7.92. The first-order valence-electron chi connectivity index (χ1n) is 7.74. The molecule has 1 aliphatic heterocycles. The molecule has 1 amide bonds. The van der Waals surface area contributed by atoms with E-state index in [1.54, 1.807) is 12.1 Å². The van der Waals surface area contributed by atoms with Crippen molar-refractivity contribution in [2.24, 2.45) is 5.73 Å². The minimum Gasteiger partial charge on any atom is -0.374 e. The molecule has 1 aromatic rings. The quantitative estimate of drug-likeness (QED) is 0.809. The van der Waals surface area contributed by atoms with Crippen molar-refractivity contribution in [2.75, 3.05) is 13.2 Å². The molecule has 6 heteroatoms. The van der Waals surface area contributed by atoms with E-state index >= 15 is 0 Å². The first-order chi connectivity index (χ1) is 10.7. The minimum absolute atomic E-state index is 0.0387. The number of hydrogen-bond acceptors (Lipinski definition) is 3. The maximum absolute atomic E-state index is 14.8. The molecule has 0 spiro atoms. The zero-order valence-electron chi connectivity index (χ0n) is 13.9. The molecule has 0 radical (unpaired) electrons. The lowest BCUT2D eigenvalue weighted by molar-refractivity contribution is -0.135. The lowest BCUT2D eigenvalue weighted by atomic mass is 9.81.